The SMILES string of the molecule is C=C1C=C(CC)C(=O)N1. The Bertz CT molecular complexity index is 191. The summed E-state index contributed by atoms with van der Waals surface area (Å²) in [5.41, 5.74) is 1.52. The Hall–Kier alpha value is -1.05. The monoisotopic (exact) mass is 123 g/mol. The lowest BCUT2D eigenvalue weighted by Gasteiger charge is -1.91. The molecule has 0 aromatic rings. The molecule has 0 bridgehead atoms. The molecule has 1 N–H and O–H groups in total. The number of amides is 1. The standard InChI is InChI=1S/C7H9NO/c1-3-6-4-5(2)8-7(6)9/h4H,2-3H2,1H3,(H,8,9). The van der Waals surface area contributed by atoms with Gasteiger partial charge in [0.15, 0.2) is 0 Å². The van der Waals surface area contributed by atoms with Crippen molar-refractivity contribution in [2.75, 3.05) is 0 Å². The molecular weight excluding hydrogens is 114 g/mol. The van der Waals surface area contributed by atoms with E-state index in [1.54, 1.807) is 6.08 Å². The molecule has 0 atom stereocenters. The highest BCUT2D eigenvalue weighted by Crippen LogP contribution is 2.10. The van der Waals surface area contributed by atoms with E-state index in [4.69, 9.17) is 0 Å². The van der Waals surface area contributed by atoms with Gasteiger partial charge in [-0.25, -0.2) is 0 Å². The van der Waals surface area contributed by atoms with E-state index in [2.05, 4.69) is 11.9 Å². The predicted molar refractivity (Wildman–Crippen MR) is 35.7 cm³/mol. The molecule has 0 aliphatic carbocycles. The van der Waals surface area contributed by atoms with Gasteiger partial charge in [-0.15, -0.1) is 0 Å². The molecule has 1 aliphatic rings. The first-order valence-corrected chi connectivity index (χ1v) is 2.95. The van der Waals surface area contributed by atoms with Gasteiger partial charge in [0, 0.05) is 11.3 Å². The van der Waals surface area contributed by atoms with Gasteiger partial charge in [0.05, 0.1) is 0 Å². The molecule has 0 aromatic heterocycles. The second-order valence-electron chi connectivity index (χ2n) is 2.00. The highest BCUT2D eigenvalue weighted by atomic mass is 16.1. The minimum absolute atomic E-state index is 0.00231. The van der Waals surface area contributed by atoms with Crippen molar-refractivity contribution >= 4 is 5.91 Å². The molecule has 9 heavy (non-hydrogen) atoms. The number of nitrogens with one attached hydrogen (secondary N) is 1. The third kappa shape index (κ3) is 1.02. The first-order chi connectivity index (χ1) is 4.24. The maximum atomic E-state index is 10.8. The third-order valence-electron chi connectivity index (χ3n) is 1.30. The van der Waals surface area contributed by atoms with E-state index >= 15 is 0 Å². The zero-order valence-electron chi connectivity index (χ0n) is 5.40. The Morgan fingerprint density at radius 1 is 1.78 bits per heavy atom. The number of carbonyl (C=O) groups excluding carboxylic acids is 1. The summed E-state index contributed by atoms with van der Waals surface area (Å²) >= 11 is 0. The quantitative estimate of drug-likeness (QED) is 0.553. The zero-order valence-corrected chi connectivity index (χ0v) is 5.40. The van der Waals surface area contributed by atoms with Crippen LogP contribution in [0.5, 0.6) is 0 Å². The molecule has 2 heteroatoms. The maximum absolute atomic E-state index is 10.8. The summed E-state index contributed by atoms with van der Waals surface area (Å²) in [5, 5.41) is 2.59. The van der Waals surface area contributed by atoms with Gasteiger partial charge in [0.2, 0.25) is 0 Å². The summed E-state index contributed by atoms with van der Waals surface area (Å²) in [6.07, 6.45) is 2.56. The lowest BCUT2D eigenvalue weighted by molar-refractivity contribution is -0.116. The molecule has 0 aromatic carbocycles. The fraction of sp³-hybridized carbons (Fsp3) is 0.286. The lowest BCUT2D eigenvalue weighted by Crippen LogP contribution is -2.15. The molecule has 0 radical (unpaired) electrons. The van der Waals surface area contributed by atoms with Crippen LogP contribution in [0.1, 0.15) is 13.3 Å². The van der Waals surface area contributed by atoms with E-state index in [1.165, 1.54) is 0 Å². The summed E-state index contributed by atoms with van der Waals surface area (Å²) < 4.78 is 0. The Morgan fingerprint density at radius 2 is 2.44 bits per heavy atom. The summed E-state index contributed by atoms with van der Waals surface area (Å²) in [4.78, 5) is 10.8. The zero-order chi connectivity index (χ0) is 6.85. The van der Waals surface area contributed by atoms with Crippen LogP contribution in [-0.2, 0) is 4.79 Å². The summed E-state index contributed by atoms with van der Waals surface area (Å²) in [7, 11) is 0. The Morgan fingerprint density at radius 3 is 2.67 bits per heavy atom. The van der Waals surface area contributed by atoms with E-state index in [0.29, 0.717) is 5.70 Å². The lowest BCUT2D eigenvalue weighted by atomic mass is 10.2. The largest absolute Gasteiger partial charge is 0.323 e. The van der Waals surface area contributed by atoms with Crippen LogP contribution in [0.2, 0.25) is 0 Å². The molecule has 0 unspecified atom stereocenters. The van der Waals surface area contributed by atoms with E-state index in [9.17, 15) is 4.79 Å². The topological polar surface area (TPSA) is 29.1 Å². The van der Waals surface area contributed by atoms with Crippen LogP contribution in [0, 0.1) is 0 Å². The van der Waals surface area contributed by atoms with E-state index < -0.39 is 0 Å². The minimum atomic E-state index is 0.00231. The maximum Gasteiger partial charge on any atom is 0.251 e. The van der Waals surface area contributed by atoms with E-state index in [0.717, 1.165) is 12.0 Å². The molecule has 1 amide bonds. The highest BCUT2D eigenvalue weighted by molar-refractivity contribution is 5.98. The molecule has 1 rings (SSSR count). The second-order valence-corrected chi connectivity index (χ2v) is 2.00. The van der Waals surface area contributed by atoms with Gasteiger partial charge in [0.1, 0.15) is 0 Å². The van der Waals surface area contributed by atoms with Gasteiger partial charge in [-0.1, -0.05) is 13.5 Å². The molecular formula is C7H9NO. The third-order valence-corrected chi connectivity index (χ3v) is 1.30. The van der Waals surface area contributed by atoms with Gasteiger partial charge in [-0.05, 0) is 12.5 Å². The minimum Gasteiger partial charge on any atom is -0.323 e. The van der Waals surface area contributed by atoms with Crippen LogP contribution in [0.3, 0.4) is 0 Å². The van der Waals surface area contributed by atoms with Crippen molar-refractivity contribution < 1.29 is 4.79 Å². The number of hydrogen-bond acceptors (Lipinski definition) is 1. The predicted octanol–water partition coefficient (Wildman–Crippen LogP) is 0.966. The summed E-state index contributed by atoms with van der Waals surface area (Å²) in [5.74, 6) is 0.00231. The van der Waals surface area contributed by atoms with Gasteiger partial charge >= 0.3 is 0 Å². The number of rotatable bonds is 1. The van der Waals surface area contributed by atoms with Crippen LogP contribution >= 0.6 is 0 Å². The first-order valence-electron chi connectivity index (χ1n) is 2.95. The molecule has 0 fully saturated rings. The molecule has 0 saturated carbocycles. The normalized spacial score (nSPS) is 17.7. The molecule has 48 valence electrons. The van der Waals surface area contributed by atoms with Gasteiger partial charge < -0.3 is 5.32 Å². The molecule has 0 spiro atoms. The van der Waals surface area contributed by atoms with Crippen molar-refractivity contribution in [3.8, 4) is 0 Å². The molecule has 0 saturated heterocycles. The number of hydrogen-bond donors (Lipinski definition) is 1. The van der Waals surface area contributed by atoms with Crippen molar-refractivity contribution in [1.29, 1.82) is 0 Å². The average molecular weight is 123 g/mol. The highest BCUT2D eigenvalue weighted by Gasteiger charge is 2.13. The van der Waals surface area contributed by atoms with E-state index in [1.807, 2.05) is 6.92 Å². The van der Waals surface area contributed by atoms with Crippen LogP contribution in [0.4, 0.5) is 0 Å². The van der Waals surface area contributed by atoms with Crippen molar-refractivity contribution in [2.24, 2.45) is 0 Å². The van der Waals surface area contributed by atoms with Gasteiger partial charge in [-0.2, -0.15) is 0 Å². The van der Waals surface area contributed by atoms with Crippen LogP contribution in [0.15, 0.2) is 23.9 Å². The first kappa shape index (κ1) is 6.08. The summed E-state index contributed by atoms with van der Waals surface area (Å²) in [6, 6.07) is 0. The fourth-order valence-electron chi connectivity index (χ4n) is 0.801. The fourth-order valence-corrected chi connectivity index (χ4v) is 0.801. The van der Waals surface area contributed by atoms with Crippen molar-refractivity contribution in [1.82, 2.24) is 5.32 Å². The van der Waals surface area contributed by atoms with Crippen molar-refractivity contribution in [3.05, 3.63) is 23.9 Å². The molecule has 2 nitrogen and oxygen atoms in total. The van der Waals surface area contributed by atoms with Gasteiger partial charge in [0.25, 0.3) is 5.91 Å². The second kappa shape index (κ2) is 2.05. The van der Waals surface area contributed by atoms with Crippen LogP contribution in [-0.4, -0.2) is 5.91 Å². The Labute approximate surface area is 54.3 Å². The number of carbonyl (C=O) groups is 1. The van der Waals surface area contributed by atoms with Crippen LogP contribution in [0.25, 0.3) is 0 Å². The smallest absolute Gasteiger partial charge is 0.251 e. The van der Waals surface area contributed by atoms with Gasteiger partial charge in [-0.3, -0.25) is 4.79 Å². The molecule has 1 aliphatic heterocycles. The summed E-state index contributed by atoms with van der Waals surface area (Å²) in [6.45, 7) is 5.54. The Balaban J connectivity index is 2.80. The van der Waals surface area contributed by atoms with Crippen molar-refractivity contribution in [3.63, 3.8) is 0 Å². The van der Waals surface area contributed by atoms with Crippen LogP contribution < -0.4 is 5.32 Å². The van der Waals surface area contributed by atoms with Crippen molar-refractivity contribution in [2.45, 2.75) is 13.3 Å². The number of allylic oxidation sites excluding steroid dienone is 1. The Kier molecular flexibility index (Phi) is 1.39. The van der Waals surface area contributed by atoms with E-state index in [-0.39, 0.29) is 5.91 Å². The molecule has 1 heterocycles. The average Bonchev–Trinajstić information content (AvgIpc) is 2.10.